The Bertz CT molecular complexity index is 1200. The van der Waals surface area contributed by atoms with Gasteiger partial charge in [0.25, 0.3) is 0 Å². The van der Waals surface area contributed by atoms with Crippen molar-refractivity contribution in [2.75, 3.05) is 18.2 Å². The van der Waals surface area contributed by atoms with Crippen LogP contribution in [0.2, 0.25) is 5.02 Å². The molecule has 1 N–H and O–H groups in total. The fraction of sp³-hybridized carbons (Fsp3) is 0.217. The fourth-order valence-electron chi connectivity index (χ4n) is 2.99. The number of nitrogens with zero attached hydrogens (tertiary/aromatic N) is 3. The highest BCUT2D eigenvalue weighted by Crippen LogP contribution is 2.27. The zero-order valence-corrected chi connectivity index (χ0v) is 20.0. The Morgan fingerprint density at radius 2 is 2.06 bits per heavy atom. The number of hydrogen-bond acceptors (Lipinski definition) is 7. The highest BCUT2D eigenvalue weighted by Gasteiger charge is 2.21. The number of halogens is 2. The molecule has 1 atom stereocenters. The largest absolute Gasteiger partial charge is 0.480 e. The van der Waals surface area contributed by atoms with Gasteiger partial charge in [-0.2, -0.15) is 0 Å². The predicted octanol–water partition coefficient (Wildman–Crippen LogP) is 4.91. The van der Waals surface area contributed by atoms with Gasteiger partial charge < -0.3 is 14.8 Å². The molecule has 0 aliphatic rings. The van der Waals surface area contributed by atoms with Crippen LogP contribution in [0.1, 0.15) is 29.2 Å². The molecule has 0 saturated carbocycles. The number of esters is 1. The average Bonchev–Trinajstić information content (AvgIpc) is 3.23. The number of allylic oxidation sites excluding steroid dienone is 1. The van der Waals surface area contributed by atoms with Crippen molar-refractivity contribution >= 4 is 40.9 Å². The van der Waals surface area contributed by atoms with E-state index in [2.05, 4.69) is 26.8 Å². The van der Waals surface area contributed by atoms with Gasteiger partial charge in [-0.3, -0.25) is 9.36 Å². The van der Waals surface area contributed by atoms with E-state index in [9.17, 15) is 14.0 Å². The monoisotopic (exact) mass is 504 g/mol. The maximum absolute atomic E-state index is 14.0. The molecule has 0 fully saturated rings. The van der Waals surface area contributed by atoms with Gasteiger partial charge in [0.1, 0.15) is 0 Å². The maximum atomic E-state index is 14.0. The van der Waals surface area contributed by atoms with E-state index in [1.54, 1.807) is 35.8 Å². The van der Waals surface area contributed by atoms with Gasteiger partial charge in [-0.25, -0.2) is 9.18 Å². The first-order valence-corrected chi connectivity index (χ1v) is 11.5. The number of carbonyl (C=O) groups is 2. The minimum atomic E-state index is -0.604. The number of nitrogens with one attached hydrogen (secondary N) is 1. The molecule has 0 spiro atoms. The van der Waals surface area contributed by atoms with Crippen molar-refractivity contribution in [3.05, 3.63) is 77.3 Å². The van der Waals surface area contributed by atoms with Crippen molar-refractivity contribution in [1.82, 2.24) is 14.8 Å². The first-order valence-electron chi connectivity index (χ1n) is 10.1. The third kappa shape index (κ3) is 6.15. The minimum Gasteiger partial charge on any atom is -0.480 e. The topological polar surface area (TPSA) is 95.3 Å². The van der Waals surface area contributed by atoms with Gasteiger partial charge in [0, 0.05) is 12.2 Å². The summed E-state index contributed by atoms with van der Waals surface area (Å²) in [5.74, 6) is -0.820. The summed E-state index contributed by atoms with van der Waals surface area (Å²) in [6.45, 7) is 5.85. The number of aromatic nitrogens is 3. The Labute approximate surface area is 205 Å². The van der Waals surface area contributed by atoms with E-state index in [4.69, 9.17) is 16.3 Å². The van der Waals surface area contributed by atoms with E-state index in [0.29, 0.717) is 23.2 Å². The van der Waals surface area contributed by atoms with Crippen molar-refractivity contribution in [1.29, 1.82) is 0 Å². The lowest BCUT2D eigenvalue weighted by molar-refractivity contribution is -0.113. The Kier molecular flexibility index (Phi) is 8.67. The Morgan fingerprint density at radius 1 is 1.29 bits per heavy atom. The lowest BCUT2D eigenvalue weighted by atomic mass is 10.2. The van der Waals surface area contributed by atoms with Crippen molar-refractivity contribution < 1.29 is 23.5 Å². The number of thioether (sulfide) groups is 1. The third-order valence-corrected chi connectivity index (χ3v) is 5.85. The molecule has 178 valence electrons. The number of anilines is 1. The van der Waals surface area contributed by atoms with E-state index < -0.39 is 17.9 Å². The summed E-state index contributed by atoms with van der Waals surface area (Å²) in [4.78, 5) is 24.3. The average molecular weight is 505 g/mol. The molecule has 0 radical (unpaired) electrons. The Morgan fingerprint density at radius 3 is 2.76 bits per heavy atom. The number of amides is 1. The van der Waals surface area contributed by atoms with Crippen LogP contribution in [-0.2, 0) is 16.1 Å². The highest BCUT2D eigenvalue weighted by atomic mass is 35.5. The van der Waals surface area contributed by atoms with Crippen molar-refractivity contribution in [3.8, 4) is 5.75 Å². The normalized spacial score (nSPS) is 11.5. The quantitative estimate of drug-likeness (QED) is 0.238. The summed E-state index contributed by atoms with van der Waals surface area (Å²) < 4.78 is 26.1. The lowest BCUT2D eigenvalue weighted by Crippen LogP contribution is -2.16. The van der Waals surface area contributed by atoms with Crippen LogP contribution >= 0.6 is 23.4 Å². The van der Waals surface area contributed by atoms with Gasteiger partial charge in [-0.1, -0.05) is 41.6 Å². The van der Waals surface area contributed by atoms with Crippen LogP contribution in [0.4, 0.5) is 10.1 Å². The number of benzene rings is 2. The van der Waals surface area contributed by atoms with E-state index in [1.165, 1.54) is 31.4 Å². The first-order chi connectivity index (χ1) is 16.3. The molecule has 2 aromatic carbocycles. The second kappa shape index (κ2) is 11.7. The molecule has 0 saturated heterocycles. The summed E-state index contributed by atoms with van der Waals surface area (Å²) in [6.07, 6.45) is 1.06. The molecule has 1 amide bonds. The third-order valence-electron chi connectivity index (χ3n) is 4.55. The second-order valence-corrected chi connectivity index (χ2v) is 8.30. The van der Waals surface area contributed by atoms with Gasteiger partial charge in [-0.05, 0) is 37.3 Å². The summed E-state index contributed by atoms with van der Waals surface area (Å²) in [6, 6.07) is 10.6. The molecule has 1 unspecified atom stereocenters. The van der Waals surface area contributed by atoms with E-state index in [-0.39, 0.29) is 28.0 Å². The molecule has 3 aromatic rings. The van der Waals surface area contributed by atoms with Crippen molar-refractivity contribution in [2.24, 2.45) is 0 Å². The number of para-hydroxylation sites is 1. The first kappa shape index (κ1) is 25.3. The number of ether oxygens (including phenoxy) is 2. The molecule has 0 bridgehead atoms. The summed E-state index contributed by atoms with van der Waals surface area (Å²) in [7, 11) is 1.25. The standard InChI is InChI=1S/C23H22ClFN4O4S/c1-4-11-29-21(14(2)33-19-8-6-5-7-18(19)25)27-28-23(29)34-13-20(30)26-15-9-10-17(24)16(12-15)22(31)32-3/h4-10,12,14H,1,11,13H2,2-3H3,(H,26,30). The molecule has 1 aromatic heterocycles. The van der Waals surface area contributed by atoms with Crippen LogP contribution in [0.25, 0.3) is 0 Å². The molecular formula is C23H22ClFN4O4S. The SMILES string of the molecule is C=CCn1c(SCC(=O)Nc2ccc(Cl)c(C(=O)OC)c2)nnc1C(C)Oc1ccccc1F. The zero-order valence-electron chi connectivity index (χ0n) is 18.5. The van der Waals surface area contributed by atoms with Gasteiger partial charge in [0.05, 0.1) is 23.4 Å². The molecule has 3 rings (SSSR count). The maximum Gasteiger partial charge on any atom is 0.339 e. The van der Waals surface area contributed by atoms with Crippen LogP contribution in [0.5, 0.6) is 5.75 Å². The summed E-state index contributed by atoms with van der Waals surface area (Å²) >= 11 is 7.17. The lowest BCUT2D eigenvalue weighted by Gasteiger charge is -2.16. The van der Waals surface area contributed by atoms with Crippen LogP contribution < -0.4 is 10.1 Å². The molecule has 0 aliphatic heterocycles. The van der Waals surface area contributed by atoms with Crippen LogP contribution in [0.15, 0.2) is 60.3 Å². The van der Waals surface area contributed by atoms with E-state index in [1.807, 2.05) is 0 Å². The van der Waals surface area contributed by atoms with E-state index in [0.717, 1.165) is 11.8 Å². The van der Waals surface area contributed by atoms with Crippen LogP contribution in [0, 0.1) is 5.82 Å². The number of hydrogen-bond donors (Lipinski definition) is 1. The minimum absolute atomic E-state index is 0.0218. The van der Waals surface area contributed by atoms with E-state index >= 15 is 0 Å². The van der Waals surface area contributed by atoms with Crippen molar-refractivity contribution in [3.63, 3.8) is 0 Å². The van der Waals surface area contributed by atoms with Gasteiger partial charge in [0.2, 0.25) is 5.91 Å². The highest BCUT2D eigenvalue weighted by molar-refractivity contribution is 7.99. The molecular weight excluding hydrogens is 483 g/mol. The molecule has 34 heavy (non-hydrogen) atoms. The smallest absolute Gasteiger partial charge is 0.339 e. The fourth-order valence-corrected chi connectivity index (χ4v) is 3.94. The van der Waals surface area contributed by atoms with Crippen molar-refractivity contribution in [2.45, 2.75) is 24.7 Å². The molecule has 1 heterocycles. The Balaban J connectivity index is 1.68. The Hall–Kier alpha value is -3.37. The van der Waals surface area contributed by atoms with Gasteiger partial charge in [-0.15, -0.1) is 16.8 Å². The number of rotatable bonds is 10. The predicted molar refractivity (Wildman–Crippen MR) is 128 cm³/mol. The summed E-state index contributed by atoms with van der Waals surface area (Å²) in [5.41, 5.74) is 0.546. The summed E-state index contributed by atoms with van der Waals surface area (Å²) in [5, 5.41) is 11.7. The molecule has 8 nitrogen and oxygen atoms in total. The number of methoxy groups -OCH3 is 1. The number of carbonyl (C=O) groups excluding carboxylic acids is 2. The van der Waals surface area contributed by atoms with Gasteiger partial charge in [0.15, 0.2) is 28.7 Å². The van der Waals surface area contributed by atoms with Crippen LogP contribution in [0.3, 0.4) is 0 Å². The van der Waals surface area contributed by atoms with Crippen LogP contribution in [-0.4, -0.2) is 39.5 Å². The zero-order chi connectivity index (χ0) is 24.7. The second-order valence-electron chi connectivity index (χ2n) is 6.95. The molecule has 0 aliphatic carbocycles. The van der Waals surface area contributed by atoms with Gasteiger partial charge >= 0.3 is 5.97 Å². The molecule has 11 heteroatoms.